The number of benzene rings is 2. The number of furan rings is 1. The van der Waals surface area contributed by atoms with Gasteiger partial charge in [-0.2, -0.15) is 4.31 Å². The number of carbonyl (C=O) groups is 1. The van der Waals surface area contributed by atoms with Crippen molar-refractivity contribution in [2.45, 2.75) is 24.7 Å². The summed E-state index contributed by atoms with van der Waals surface area (Å²) in [4.78, 5) is 12.7. The summed E-state index contributed by atoms with van der Waals surface area (Å²) in [5.41, 5.74) is 1.51. The second-order valence-corrected chi connectivity index (χ2v) is 9.66. The summed E-state index contributed by atoms with van der Waals surface area (Å²) in [5.74, 6) is -0.345. The first-order valence-corrected chi connectivity index (χ1v) is 11.3. The summed E-state index contributed by atoms with van der Waals surface area (Å²) in [6, 6.07) is 9.51. The van der Waals surface area contributed by atoms with Gasteiger partial charge in [0, 0.05) is 34.7 Å². The topological polar surface area (TPSA) is 79.6 Å². The summed E-state index contributed by atoms with van der Waals surface area (Å²) in [6.07, 6.45) is 1.64. The maximum absolute atomic E-state index is 12.9. The average molecular weight is 453 g/mol. The molecule has 1 saturated heterocycles. The first-order chi connectivity index (χ1) is 13.8. The van der Waals surface area contributed by atoms with Gasteiger partial charge in [0.05, 0.1) is 5.02 Å². The fourth-order valence-corrected chi connectivity index (χ4v) is 5.63. The molecule has 3 aromatic rings. The quantitative estimate of drug-likeness (QED) is 0.597. The van der Waals surface area contributed by atoms with Crippen molar-refractivity contribution in [3.63, 3.8) is 0 Å². The van der Waals surface area contributed by atoms with Crippen molar-refractivity contribution < 1.29 is 17.6 Å². The molecule has 0 aliphatic carbocycles. The molecule has 1 aromatic heterocycles. The van der Waals surface area contributed by atoms with E-state index in [2.05, 4.69) is 5.32 Å². The number of aryl methyl sites for hydroxylation is 1. The van der Waals surface area contributed by atoms with Crippen LogP contribution in [0, 0.1) is 6.92 Å². The normalized spacial score (nSPS) is 15.1. The maximum atomic E-state index is 12.9. The molecule has 152 valence electrons. The molecule has 9 heteroatoms. The van der Waals surface area contributed by atoms with Gasteiger partial charge < -0.3 is 9.73 Å². The highest BCUT2D eigenvalue weighted by Crippen LogP contribution is 2.31. The monoisotopic (exact) mass is 452 g/mol. The Morgan fingerprint density at radius 1 is 1.10 bits per heavy atom. The van der Waals surface area contributed by atoms with Crippen LogP contribution in [0.25, 0.3) is 11.0 Å². The van der Waals surface area contributed by atoms with E-state index in [0.717, 1.165) is 18.2 Å². The molecule has 0 unspecified atom stereocenters. The van der Waals surface area contributed by atoms with Gasteiger partial charge in [0.15, 0.2) is 5.76 Å². The Labute approximate surface area is 178 Å². The SMILES string of the molecule is Cc1c(C(=O)Nc2ccc(Cl)c(S(=O)(=O)N3CCCC3)c2)oc2ccc(Cl)cc12. The minimum atomic E-state index is -3.71. The van der Waals surface area contributed by atoms with Gasteiger partial charge in [0.25, 0.3) is 5.91 Å². The molecule has 0 atom stereocenters. The van der Waals surface area contributed by atoms with E-state index in [1.54, 1.807) is 31.2 Å². The van der Waals surface area contributed by atoms with Crippen molar-refractivity contribution in [1.82, 2.24) is 4.31 Å². The van der Waals surface area contributed by atoms with Gasteiger partial charge in [-0.1, -0.05) is 23.2 Å². The van der Waals surface area contributed by atoms with Crippen molar-refractivity contribution in [2.75, 3.05) is 18.4 Å². The van der Waals surface area contributed by atoms with Crippen LogP contribution < -0.4 is 5.32 Å². The van der Waals surface area contributed by atoms with Crippen LogP contribution in [0.15, 0.2) is 45.7 Å². The van der Waals surface area contributed by atoms with Crippen molar-refractivity contribution in [1.29, 1.82) is 0 Å². The molecule has 0 saturated carbocycles. The Hall–Kier alpha value is -2.06. The van der Waals surface area contributed by atoms with Gasteiger partial charge in [0.2, 0.25) is 10.0 Å². The van der Waals surface area contributed by atoms with Crippen LogP contribution in [0.3, 0.4) is 0 Å². The lowest BCUT2D eigenvalue weighted by molar-refractivity contribution is 0.0998. The number of nitrogens with zero attached hydrogens (tertiary/aromatic N) is 1. The van der Waals surface area contributed by atoms with E-state index >= 15 is 0 Å². The Kier molecular flexibility index (Phi) is 5.33. The molecule has 2 aromatic carbocycles. The zero-order chi connectivity index (χ0) is 20.8. The van der Waals surface area contributed by atoms with Crippen LogP contribution in [0.5, 0.6) is 0 Å². The number of fused-ring (bicyclic) bond motifs is 1. The summed E-state index contributed by atoms with van der Waals surface area (Å²) in [7, 11) is -3.71. The molecular formula is C20H18Cl2N2O4S. The number of rotatable bonds is 4. The number of halogens is 2. The highest BCUT2D eigenvalue weighted by Gasteiger charge is 2.29. The van der Waals surface area contributed by atoms with E-state index in [1.807, 2.05) is 0 Å². The van der Waals surface area contributed by atoms with Crippen molar-refractivity contribution in [3.05, 3.63) is 57.8 Å². The zero-order valence-corrected chi connectivity index (χ0v) is 17.9. The third-order valence-electron chi connectivity index (χ3n) is 4.98. The zero-order valence-electron chi connectivity index (χ0n) is 15.5. The molecule has 0 bridgehead atoms. The molecule has 1 aliphatic heterocycles. The Morgan fingerprint density at radius 3 is 2.55 bits per heavy atom. The lowest BCUT2D eigenvalue weighted by Crippen LogP contribution is -2.28. The van der Waals surface area contributed by atoms with E-state index in [1.165, 1.54) is 16.4 Å². The Bertz CT molecular complexity index is 1210. The number of hydrogen-bond acceptors (Lipinski definition) is 4. The van der Waals surface area contributed by atoms with Gasteiger partial charge in [-0.3, -0.25) is 4.79 Å². The highest BCUT2D eigenvalue weighted by atomic mass is 35.5. The minimum Gasteiger partial charge on any atom is -0.451 e. The maximum Gasteiger partial charge on any atom is 0.291 e. The van der Waals surface area contributed by atoms with Crippen LogP contribution >= 0.6 is 23.2 Å². The summed E-state index contributed by atoms with van der Waals surface area (Å²) >= 11 is 12.2. The third-order valence-corrected chi connectivity index (χ3v) is 7.59. The number of amides is 1. The van der Waals surface area contributed by atoms with Crippen LogP contribution in [0.1, 0.15) is 29.0 Å². The predicted octanol–water partition coefficient (Wildman–Crippen LogP) is 5.08. The molecular weight excluding hydrogens is 435 g/mol. The molecule has 29 heavy (non-hydrogen) atoms. The number of sulfonamides is 1. The minimum absolute atomic E-state index is 0.0213. The van der Waals surface area contributed by atoms with Crippen molar-refractivity contribution in [3.8, 4) is 0 Å². The predicted molar refractivity (Wildman–Crippen MR) is 113 cm³/mol. The Balaban J connectivity index is 1.65. The molecule has 6 nitrogen and oxygen atoms in total. The molecule has 2 heterocycles. The molecule has 0 spiro atoms. The number of hydrogen-bond donors (Lipinski definition) is 1. The van der Waals surface area contributed by atoms with E-state index in [9.17, 15) is 13.2 Å². The second-order valence-electron chi connectivity index (χ2n) is 6.91. The lowest BCUT2D eigenvalue weighted by atomic mass is 10.1. The first-order valence-electron chi connectivity index (χ1n) is 9.07. The van der Waals surface area contributed by atoms with E-state index in [0.29, 0.717) is 34.9 Å². The summed E-state index contributed by atoms with van der Waals surface area (Å²) in [5, 5.41) is 4.10. The van der Waals surface area contributed by atoms with Gasteiger partial charge in [0.1, 0.15) is 10.5 Å². The molecule has 1 fully saturated rings. The van der Waals surface area contributed by atoms with Crippen LogP contribution in [-0.2, 0) is 10.0 Å². The van der Waals surface area contributed by atoms with Crippen LogP contribution in [0.2, 0.25) is 10.0 Å². The molecule has 1 N–H and O–H groups in total. The Morgan fingerprint density at radius 2 is 1.83 bits per heavy atom. The largest absolute Gasteiger partial charge is 0.451 e. The molecule has 0 radical (unpaired) electrons. The first kappa shape index (κ1) is 20.2. The number of anilines is 1. The smallest absolute Gasteiger partial charge is 0.291 e. The fraction of sp³-hybridized carbons (Fsp3) is 0.250. The third kappa shape index (κ3) is 3.75. The standard InChI is InChI=1S/C20H18Cl2N2O4S/c1-12-15-10-13(21)4-7-17(15)28-19(12)20(25)23-14-5-6-16(22)18(11-14)29(26,27)24-8-2-3-9-24/h4-7,10-11H,2-3,8-9H2,1H3,(H,23,25). The van der Waals surface area contributed by atoms with Gasteiger partial charge in [-0.15, -0.1) is 0 Å². The van der Waals surface area contributed by atoms with Gasteiger partial charge in [-0.05, 0) is 56.2 Å². The van der Waals surface area contributed by atoms with Gasteiger partial charge in [-0.25, -0.2) is 8.42 Å². The van der Waals surface area contributed by atoms with Crippen LogP contribution in [-0.4, -0.2) is 31.7 Å². The fourth-order valence-electron chi connectivity index (χ4n) is 3.44. The lowest BCUT2D eigenvalue weighted by Gasteiger charge is -2.17. The second kappa shape index (κ2) is 7.65. The highest BCUT2D eigenvalue weighted by molar-refractivity contribution is 7.89. The average Bonchev–Trinajstić information content (AvgIpc) is 3.33. The van der Waals surface area contributed by atoms with Crippen molar-refractivity contribution in [2.24, 2.45) is 0 Å². The molecule has 1 amide bonds. The van der Waals surface area contributed by atoms with Crippen molar-refractivity contribution >= 4 is 55.8 Å². The number of carbonyl (C=O) groups excluding carboxylic acids is 1. The van der Waals surface area contributed by atoms with Gasteiger partial charge >= 0.3 is 0 Å². The van der Waals surface area contributed by atoms with E-state index < -0.39 is 15.9 Å². The molecule has 1 aliphatic rings. The molecule has 4 rings (SSSR count). The van der Waals surface area contributed by atoms with E-state index in [-0.39, 0.29) is 15.7 Å². The summed E-state index contributed by atoms with van der Waals surface area (Å²) < 4.78 is 32.8. The summed E-state index contributed by atoms with van der Waals surface area (Å²) in [6.45, 7) is 2.70. The van der Waals surface area contributed by atoms with E-state index in [4.69, 9.17) is 27.6 Å². The number of nitrogens with one attached hydrogen (secondary N) is 1. The van der Waals surface area contributed by atoms with Crippen LogP contribution in [0.4, 0.5) is 5.69 Å².